The lowest BCUT2D eigenvalue weighted by atomic mass is 10.1. The van der Waals surface area contributed by atoms with Crippen molar-refractivity contribution >= 4 is 0 Å². The van der Waals surface area contributed by atoms with Gasteiger partial charge in [0.1, 0.15) is 0 Å². The molecule has 0 amide bonds. The number of nitrogens with one attached hydrogen (secondary N) is 1. The van der Waals surface area contributed by atoms with Gasteiger partial charge in [-0.3, -0.25) is 0 Å². The topological polar surface area (TPSA) is 39.7 Å². The SMILES string of the molecule is C=CCc1cc(CNCCOC)cc(OC)c1OCC. The van der Waals surface area contributed by atoms with Crippen LogP contribution in [0.4, 0.5) is 0 Å². The Labute approximate surface area is 121 Å². The second kappa shape index (κ2) is 9.39. The molecule has 0 spiro atoms. The summed E-state index contributed by atoms with van der Waals surface area (Å²) >= 11 is 0. The van der Waals surface area contributed by atoms with Crippen molar-refractivity contribution < 1.29 is 14.2 Å². The Morgan fingerprint density at radius 2 is 2.10 bits per heavy atom. The lowest BCUT2D eigenvalue weighted by Gasteiger charge is -2.16. The van der Waals surface area contributed by atoms with E-state index in [1.807, 2.05) is 19.1 Å². The molecule has 0 unspecified atom stereocenters. The molecule has 0 radical (unpaired) electrons. The van der Waals surface area contributed by atoms with Crippen molar-refractivity contribution in [2.45, 2.75) is 19.9 Å². The molecule has 0 heterocycles. The molecule has 1 aromatic rings. The molecule has 0 saturated heterocycles. The molecule has 0 atom stereocenters. The van der Waals surface area contributed by atoms with Crippen molar-refractivity contribution in [2.75, 3.05) is 34.0 Å². The molecule has 0 aliphatic heterocycles. The quantitative estimate of drug-likeness (QED) is 0.528. The van der Waals surface area contributed by atoms with E-state index in [9.17, 15) is 0 Å². The molecule has 20 heavy (non-hydrogen) atoms. The van der Waals surface area contributed by atoms with Crippen LogP contribution in [0.2, 0.25) is 0 Å². The summed E-state index contributed by atoms with van der Waals surface area (Å²) in [7, 11) is 3.36. The van der Waals surface area contributed by atoms with Crippen LogP contribution in [0.5, 0.6) is 11.5 Å². The number of methoxy groups -OCH3 is 2. The van der Waals surface area contributed by atoms with Gasteiger partial charge in [-0.1, -0.05) is 12.1 Å². The average Bonchev–Trinajstić information content (AvgIpc) is 2.46. The van der Waals surface area contributed by atoms with Crippen molar-refractivity contribution in [1.29, 1.82) is 0 Å². The van der Waals surface area contributed by atoms with E-state index in [-0.39, 0.29) is 0 Å². The smallest absolute Gasteiger partial charge is 0.164 e. The molecule has 4 heteroatoms. The molecule has 0 saturated carbocycles. The number of rotatable bonds is 10. The maximum atomic E-state index is 5.70. The predicted molar refractivity (Wildman–Crippen MR) is 81.6 cm³/mol. The zero-order chi connectivity index (χ0) is 14.8. The molecule has 1 rings (SSSR count). The van der Waals surface area contributed by atoms with Crippen LogP contribution in [-0.2, 0) is 17.7 Å². The minimum atomic E-state index is 0.617. The lowest BCUT2D eigenvalue weighted by molar-refractivity contribution is 0.199. The van der Waals surface area contributed by atoms with Crippen LogP contribution in [0.15, 0.2) is 24.8 Å². The van der Waals surface area contributed by atoms with Crippen LogP contribution < -0.4 is 14.8 Å². The van der Waals surface area contributed by atoms with Crippen LogP contribution in [-0.4, -0.2) is 34.0 Å². The zero-order valence-electron chi connectivity index (χ0n) is 12.7. The van der Waals surface area contributed by atoms with Gasteiger partial charge >= 0.3 is 0 Å². The van der Waals surface area contributed by atoms with Gasteiger partial charge in [-0.15, -0.1) is 6.58 Å². The van der Waals surface area contributed by atoms with Gasteiger partial charge in [0, 0.05) is 25.8 Å². The van der Waals surface area contributed by atoms with E-state index < -0.39 is 0 Å². The highest BCUT2D eigenvalue weighted by atomic mass is 16.5. The fraction of sp³-hybridized carbons (Fsp3) is 0.500. The van der Waals surface area contributed by atoms with Gasteiger partial charge in [0.05, 0.1) is 20.3 Å². The van der Waals surface area contributed by atoms with Crippen molar-refractivity contribution in [3.05, 3.63) is 35.9 Å². The van der Waals surface area contributed by atoms with E-state index >= 15 is 0 Å². The Morgan fingerprint density at radius 3 is 2.70 bits per heavy atom. The van der Waals surface area contributed by atoms with Crippen LogP contribution in [0.1, 0.15) is 18.1 Å². The highest BCUT2D eigenvalue weighted by Gasteiger charge is 2.12. The third-order valence-corrected chi connectivity index (χ3v) is 2.88. The second-order valence-electron chi connectivity index (χ2n) is 4.38. The Balaban J connectivity index is 2.90. The number of ether oxygens (including phenoxy) is 3. The average molecular weight is 279 g/mol. The molecule has 4 nitrogen and oxygen atoms in total. The molecule has 0 bridgehead atoms. The number of hydrogen-bond donors (Lipinski definition) is 1. The summed E-state index contributed by atoms with van der Waals surface area (Å²) in [5.74, 6) is 1.59. The molecular formula is C16H25NO3. The molecule has 0 fully saturated rings. The molecule has 0 aromatic heterocycles. The summed E-state index contributed by atoms with van der Waals surface area (Å²) < 4.78 is 16.2. The fourth-order valence-corrected chi connectivity index (χ4v) is 2.00. The minimum absolute atomic E-state index is 0.617. The molecular weight excluding hydrogens is 254 g/mol. The van der Waals surface area contributed by atoms with E-state index in [0.29, 0.717) is 13.2 Å². The lowest BCUT2D eigenvalue weighted by Crippen LogP contribution is -2.18. The minimum Gasteiger partial charge on any atom is -0.493 e. The molecule has 1 aromatic carbocycles. The van der Waals surface area contributed by atoms with E-state index in [4.69, 9.17) is 14.2 Å². The Hall–Kier alpha value is -1.52. The van der Waals surface area contributed by atoms with Crippen LogP contribution in [0, 0.1) is 0 Å². The zero-order valence-corrected chi connectivity index (χ0v) is 12.7. The first-order valence-electron chi connectivity index (χ1n) is 6.89. The van der Waals surface area contributed by atoms with Gasteiger partial charge in [0.2, 0.25) is 0 Å². The van der Waals surface area contributed by atoms with E-state index in [2.05, 4.69) is 18.0 Å². The van der Waals surface area contributed by atoms with Gasteiger partial charge in [-0.05, 0) is 25.0 Å². The van der Waals surface area contributed by atoms with Crippen molar-refractivity contribution in [3.63, 3.8) is 0 Å². The summed E-state index contributed by atoms with van der Waals surface area (Å²) in [4.78, 5) is 0. The van der Waals surface area contributed by atoms with Crippen molar-refractivity contribution in [1.82, 2.24) is 5.32 Å². The van der Waals surface area contributed by atoms with Crippen molar-refractivity contribution in [2.24, 2.45) is 0 Å². The van der Waals surface area contributed by atoms with Crippen LogP contribution >= 0.6 is 0 Å². The summed E-state index contributed by atoms with van der Waals surface area (Å²) in [5.41, 5.74) is 2.27. The molecule has 0 aliphatic carbocycles. The summed E-state index contributed by atoms with van der Waals surface area (Å²) in [6, 6.07) is 4.15. The van der Waals surface area contributed by atoms with Gasteiger partial charge in [-0.2, -0.15) is 0 Å². The Kier molecular flexibility index (Phi) is 7.77. The normalized spacial score (nSPS) is 10.3. The number of benzene rings is 1. The van der Waals surface area contributed by atoms with E-state index in [0.717, 1.165) is 36.6 Å². The third-order valence-electron chi connectivity index (χ3n) is 2.88. The van der Waals surface area contributed by atoms with E-state index in [1.54, 1.807) is 14.2 Å². The largest absolute Gasteiger partial charge is 0.493 e. The Morgan fingerprint density at radius 1 is 1.30 bits per heavy atom. The number of hydrogen-bond acceptors (Lipinski definition) is 4. The molecule has 112 valence electrons. The van der Waals surface area contributed by atoms with Crippen LogP contribution in [0.25, 0.3) is 0 Å². The first-order valence-corrected chi connectivity index (χ1v) is 6.89. The van der Waals surface area contributed by atoms with E-state index in [1.165, 1.54) is 5.56 Å². The number of allylic oxidation sites excluding steroid dienone is 1. The Bertz CT molecular complexity index is 418. The first-order chi connectivity index (χ1) is 9.76. The predicted octanol–water partition coefficient (Wildman–Crippen LogP) is 2.56. The monoisotopic (exact) mass is 279 g/mol. The fourth-order valence-electron chi connectivity index (χ4n) is 2.00. The summed E-state index contributed by atoms with van der Waals surface area (Å²) in [6.07, 6.45) is 2.64. The summed E-state index contributed by atoms with van der Waals surface area (Å²) in [6.45, 7) is 8.69. The first kappa shape index (κ1) is 16.5. The molecule has 0 aliphatic rings. The highest BCUT2D eigenvalue weighted by Crippen LogP contribution is 2.33. The van der Waals surface area contributed by atoms with Crippen molar-refractivity contribution in [3.8, 4) is 11.5 Å². The maximum Gasteiger partial charge on any atom is 0.164 e. The van der Waals surface area contributed by atoms with Crippen LogP contribution in [0.3, 0.4) is 0 Å². The third kappa shape index (κ3) is 4.87. The van der Waals surface area contributed by atoms with Gasteiger partial charge in [0.15, 0.2) is 11.5 Å². The maximum absolute atomic E-state index is 5.70. The standard InChI is InChI=1S/C16H25NO3/c1-5-7-14-10-13(12-17-8-9-18-3)11-15(19-4)16(14)20-6-2/h5,10-11,17H,1,6-9,12H2,2-4H3. The molecule has 1 N–H and O–H groups in total. The highest BCUT2D eigenvalue weighted by molar-refractivity contribution is 5.50. The van der Waals surface area contributed by atoms with Gasteiger partial charge in [0.25, 0.3) is 0 Å². The van der Waals surface area contributed by atoms with Gasteiger partial charge < -0.3 is 19.5 Å². The van der Waals surface area contributed by atoms with Gasteiger partial charge in [-0.25, -0.2) is 0 Å². The summed E-state index contributed by atoms with van der Waals surface area (Å²) in [5, 5.41) is 3.33. The second-order valence-corrected chi connectivity index (χ2v) is 4.38.